The smallest absolute Gasteiger partial charge is 0.325 e. The molecule has 0 unspecified atom stereocenters. The van der Waals surface area contributed by atoms with E-state index in [9.17, 15) is 4.79 Å². The first kappa shape index (κ1) is 17.8. The number of aromatic nitrogens is 1. The predicted molar refractivity (Wildman–Crippen MR) is 103 cm³/mol. The summed E-state index contributed by atoms with van der Waals surface area (Å²) < 4.78 is 5.78. The third-order valence-electron chi connectivity index (χ3n) is 3.01. The average Bonchev–Trinajstić information content (AvgIpc) is 3.10. The van der Waals surface area contributed by atoms with Crippen molar-refractivity contribution in [2.45, 2.75) is 0 Å². The number of rotatable bonds is 4. The summed E-state index contributed by atoms with van der Waals surface area (Å²) >= 11 is 19.4. The van der Waals surface area contributed by atoms with Crippen LogP contribution in [0.1, 0.15) is 0 Å². The standard InChI is InChI=1S/C16H10Cl3N3O2S/c17-9-5-6-12(14(19)13(9)18)24-11-4-2-1-3-10(11)21-15(23)22-16-20-7-8-25-16/h1-8H,(H2,20,21,22,23). The average molecular weight is 415 g/mol. The van der Waals surface area contributed by atoms with E-state index in [1.165, 1.54) is 11.3 Å². The fraction of sp³-hybridized carbons (Fsp3) is 0. The molecule has 1 aromatic heterocycles. The van der Waals surface area contributed by atoms with Crippen molar-refractivity contribution >= 4 is 63.0 Å². The zero-order valence-electron chi connectivity index (χ0n) is 12.4. The third-order valence-corrected chi connectivity index (χ3v) is 4.97. The van der Waals surface area contributed by atoms with Crippen LogP contribution in [0, 0.1) is 0 Å². The zero-order valence-corrected chi connectivity index (χ0v) is 15.5. The van der Waals surface area contributed by atoms with E-state index in [4.69, 9.17) is 39.5 Å². The van der Waals surface area contributed by atoms with E-state index >= 15 is 0 Å². The van der Waals surface area contributed by atoms with E-state index in [0.717, 1.165) is 0 Å². The quantitative estimate of drug-likeness (QED) is 0.476. The Labute approximate surface area is 162 Å². The lowest BCUT2D eigenvalue weighted by Crippen LogP contribution is -2.19. The van der Waals surface area contributed by atoms with Crippen LogP contribution >= 0.6 is 46.1 Å². The molecule has 2 N–H and O–H groups in total. The van der Waals surface area contributed by atoms with Gasteiger partial charge in [-0.1, -0.05) is 46.9 Å². The van der Waals surface area contributed by atoms with Gasteiger partial charge in [0.1, 0.15) is 10.8 Å². The van der Waals surface area contributed by atoms with Gasteiger partial charge in [0, 0.05) is 11.6 Å². The van der Waals surface area contributed by atoms with Crippen LogP contribution in [-0.2, 0) is 0 Å². The summed E-state index contributed by atoms with van der Waals surface area (Å²) in [4.78, 5) is 16.1. The SMILES string of the molecule is O=C(Nc1nccs1)Nc1ccccc1Oc1ccc(Cl)c(Cl)c1Cl. The van der Waals surface area contributed by atoms with Crippen LogP contribution in [0.3, 0.4) is 0 Å². The van der Waals surface area contributed by atoms with Crippen molar-refractivity contribution in [2.24, 2.45) is 0 Å². The molecule has 3 rings (SSSR count). The van der Waals surface area contributed by atoms with Gasteiger partial charge in [-0.05, 0) is 24.3 Å². The van der Waals surface area contributed by atoms with Crippen LogP contribution in [0.2, 0.25) is 15.1 Å². The highest BCUT2D eigenvalue weighted by Crippen LogP contribution is 2.40. The second-order valence-corrected chi connectivity index (χ2v) is 6.75. The minimum atomic E-state index is -0.439. The molecule has 0 aliphatic carbocycles. The molecule has 5 nitrogen and oxygen atoms in total. The summed E-state index contributed by atoms with van der Waals surface area (Å²) in [6.45, 7) is 0. The number of nitrogens with zero attached hydrogens (tertiary/aromatic N) is 1. The first-order chi connectivity index (χ1) is 12.0. The molecule has 0 spiro atoms. The van der Waals surface area contributed by atoms with Crippen molar-refractivity contribution in [2.75, 3.05) is 10.6 Å². The normalized spacial score (nSPS) is 10.4. The minimum absolute atomic E-state index is 0.191. The van der Waals surface area contributed by atoms with Crippen molar-refractivity contribution in [3.8, 4) is 11.5 Å². The molecule has 0 saturated heterocycles. The molecular weight excluding hydrogens is 405 g/mol. The van der Waals surface area contributed by atoms with E-state index in [1.807, 2.05) is 0 Å². The van der Waals surface area contributed by atoms with Gasteiger partial charge >= 0.3 is 6.03 Å². The largest absolute Gasteiger partial charge is 0.454 e. The van der Waals surface area contributed by atoms with Gasteiger partial charge in [-0.25, -0.2) is 9.78 Å². The molecule has 1 heterocycles. The fourth-order valence-corrected chi connectivity index (χ4v) is 2.99. The van der Waals surface area contributed by atoms with Gasteiger partial charge in [0.2, 0.25) is 0 Å². The zero-order chi connectivity index (χ0) is 17.8. The summed E-state index contributed by atoms with van der Waals surface area (Å²) in [5.41, 5.74) is 0.457. The van der Waals surface area contributed by atoms with Gasteiger partial charge in [-0.15, -0.1) is 11.3 Å². The van der Waals surface area contributed by atoms with E-state index < -0.39 is 6.03 Å². The highest BCUT2D eigenvalue weighted by molar-refractivity contribution is 7.13. The Morgan fingerprint density at radius 2 is 1.80 bits per heavy atom. The van der Waals surface area contributed by atoms with Gasteiger partial charge in [-0.3, -0.25) is 5.32 Å². The van der Waals surface area contributed by atoms with Crippen LogP contribution in [0.25, 0.3) is 0 Å². The maximum atomic E-state index is 12.1. The number of carbonyl (C=O) groups is 1. The number of hydrogen-bond acceptors (Lipinski definition) is 4. The third kappa shape index (κ3) is 4.35. The first-order valence-corrected chi connectivity index (χ1v) is 8.94. The molecule has 2 amide bonds. The molecule has 2 aromatic carbocycles. The van der Waals surface area contributed by atoms with Crippen molar-refractivity contribution < 1.29 is 9.53 Å². The molecule has 0 bridgehead atoms. The molecule has 0 aliphatic rings. The number of thiazole rings is 1. The molecule has 25 heavy (non-hydrogen) atoms. The molecule has 3 aromatic rings. The first-order valence-electron chi connectivity index (χ1n) is 6.92. The van der Waals surface area contributed by atoms with Crippen molar-refractivity contribution in [3.05, 3.63) is 63.0 Å². The van der Waals surface area contributed by atoms with Gasteiger partial charge < -0.3 is 10.1 Å². The van der Waals surface area contributed by atoms with Gasteiger partial charge in [0.15, 0.2) is 10.9 Å². The number of nitrogens with one attached hydrogen (secondary N) is 2. The molecule has 0 saturated carbocycles. The number of benzene rings is 2. The Kier molecular flexibility index (Phi) is 5.65. The summed E-state index contributed by atoms with van der Waals surface area (Å²) in [5.74, 6) is 0.725. The Hall–Kier alpha value is -1.99. The second-order valence-electron chi connectivity index (χ2n) is 4.69. The lowest BCUT2D eigenvalue weighted by Gasteiger charge is -2.14. The Bertz CT molecular complexity index is 904. The van der Waals surface area contributed by atoms with Gasteiger partial charge in [0.05, 0.1) is 15.7 Å². The van der Waals surface area contributed by atoms with Gasteiger partial charge in [0.25, 0.3) is 0 Å². The topological polar surface area (TPSA) is 63.2 Å². The van der Waals surface area contributed by atoms with E-state index in [2.05, 4.69) is 15.6 Å². The molecule has 0 radical (unpaired) electrons. The molecule has 128 valence electrons. The van der Waals surface area contributed by atoms with Crippen LogP contribution in [0.4, 0.5) is 15.6 Å². The minimum Gasteiger partial charge on any atom is -0.454 e. The molecule has 0 atom stereocenters. The number of halogens is 3. The predicted octanol–water partition coefficient (Wildman–Crippen LogP) is 6.54. The number of ether oxygens (including phenoxy) is 1. The summed E-state index contributed by atoms with van der Waals surface area (Å²) in [7, 11) is 0. The summed E-state index contributed by atoms with van der Waals surface area (Å²) in [5, 5.41) is 8.30. The number of hydrogen-bond donors (Lipinski definition) is 2. The van der Waals surface area contributed by atoms with Crippen LogP contribution in [-0.4, -0.2) is 11.0 Å². The van der Waals surface area contributed by atoms with Crippen LogP contribution < -0.4 is 15.4 Å². The van der Waals surface area contributed by atoms with Crippen molar-refractivity contribution in [3.63, 3.8) is 0 Å². The Morgan fingerprint density at radius 3 is 2.56 bits per heavy atom. The molecule has 0 fully saturated rings. The van der Waals surface area contributed by atoms with E-state index in [0.29, 0.717) is 27.3 Å². The highest BCUT2D eigenvalue weighted by atomic mass is 35.5. The maximum absolute atomic E-state index is 12.1. The van der Waals surface area contributed by atoms with E-state index in [-0.39, 0.29) is 10.0 Å². The lowest BCUT2D eigenvalue weighted by molar-refractivity contribution is 0.262. The Morgan fingerprint density at radius 1 is 1.00 bits per heavy atom. The highest BCUT2D eigenvalue weighted by Gasteiger charge is 2.14. The van der Waals surface area contributed by atoms with Gasteiger partial charge in [-0.2, -0.15) is 0 Å². The summed E-state index contributed by atoms with van der Waals surface area (Å²) in [6, 6.07) is 9.66. The maximum Gasteiger partial charge on any atom is 0.325 e. The monoisotopic (exact) mass is 413 g/mol. The lowest BCUT2D eigenvalue weighted by atomic mass is 10.3. The van der Waals surface area contributed by atoms with Crippen molar-refractivity contribution in [1.29, 1.82) is 0 Å². The number of para-hydroxylation sites is 2. The number of anilines is 2. The van der Waals surface area contributed by atoms with Crippen molar-refractivity contribution in [1.82, 2.24) is 4.98 Å². The molecule has 0 aliphatic heterocycles. The number of amides is 2. The summed E-state index contributed by atoms with van der Waals surface area (Å²) in [6.07, 6.45) is 1.60. The van der Waals surface area contributed by atoms with Crippen LogP contribution in [0.15, 0.2) is 48.0 Å². The molecular formula is C16H10Cl3N3O2S. The Balaban J connectivity index is 1.79. The number of carbonyl (C=O) groups excluding carboxylic acids is 1. The van der Waals surface area contributed by atoms with Crippen LogP contribution in [0.5, 0.6) is 11.5 Å². The fourth-order valence-electron chi connectivity index (χ4n) is 1.90. The second kappa shape index (κ2) is 7.93. The van der Waals surface area contributed by atoms with E-state index in [1.54, 1.807) is 48.0 Å². The molecule has 9 heteroatoms. The number of urea groups is 1.